The molecular formula is C11H10O2S3. The van der Waals surface area contributed by atoms with E-state index in [1.54, 1.807) is 35.2 Å². The van der Waals surface area contributed by atoms with Gasteiger partial charge in [0.15, 0.2) is 9.84 Å². The van der Waals surface area contributed by atoms with Gasteiger partial charge in [-0.1, -0.05) is 17.8 Å². The maximum Gasteiger partial charge on any atom is 0.175 e. The van der Waals surface area contributed by atoms with Crippen LogP contribution in [-0.4, -0.2) is 14.7 Å². The van der Waals surface area contributed by atoms with Crippen molar-refractivity contribution in [1.82, 2.24) is 0 Å². The van der Waals surface area contributed by atoms with E-state index >= 15 is 0 Å². The summed E-state index contributed by atoms with van der Waals surface area (Å²) in [5.41, 5.74) is 0. The molecule has 0 N–H and O–H groups in total. The Bertz CT molecular complexity index is 554. The maximum atomic E-state index is 11.3. The Morgan fingerprint density at radius 3 is 2.31 bits per heavy atom. The van der Waals surface area contributed by atoms with Gasteiger partial charge in [-0.15, -0.1) is 11.3 Å². The molecular weight excluding hydrogens is 260 g/mol. The van der Waals surface area contributed by atoms with Crippen molar-refractivity contribution in [2.45, 2.75) is 14.0 Å². The van der Waals surface area contributed by atoms with Crippen molar-refractivity contribution >= 4 is 32.9 Å². The van der Waals surface area contributed by atoms with Crippen LogP contribution in [0.1, 0.15) is 0 Å². The highest BCUT2D eigenvalue weighted by Crippen LogP contribution is 2.31. The largest absolute Gasteiger partial charge is 0.224 e. The fourth-order valence-corrected chi connectivity index (χ4v) is 3.57. The van der Waals surface area contributed by atoms with E-state index in [4.69, 9.17) is 0 Å². The summed E-state index contributed by atoms with van der Waals surface area (Å²) in [6.45, 7) is 0. The Morgan fingerprint density at radius 2 is 1.81 bits per heavy atom. The topological polar surface area (TPSA) is 34.1 Å². The van der Waals surface area contributed by atoms with Crippen LogP contribution in [0.4, 0.5) is 0 Å². The van der Waals surface area contributed by atoms with Gasteiger partial charge in [0, 0.05) is 11.2 Å². The molecule has 0 atom stereocenters. The number of thiophene rings is 1. The smallest absolute Gasteiger partial charge is 0.175 e. The number of rotatable bonds is 3. The molecule has 0 spiro atoms. The standard InChI is InChI=1S/C11H10O2S3/c1-16(12,13)10-6-4-9(5-7-10)15-11-3-2-8-14-11/h2-8H,1H3. The first-order valence-corrected chi connectivity index (χ1v) is 8.16. The molecule has 5 heteroatoms. The average Bonchev–Trinajstić information content (AvgIpc) is 2.70. The third-order valence-corrected chi connectivity index (χ3v) is 5.14. The Labute approximate surface area is 103 Å². The van der Waals surface area contributed by atoms with Gasteiger partial charge in [-0.05, 0) is 35.7 Å². The summed E-state index contributed by atoms with van der Waals surface area (Å²) in [6, 6.07) is 11.0. The predicted molar refractivity (Wildman–Crippen MR) is 68.0 cm³/mol. The number of benzene rings is 1. The highest BCUT2D eigenvalue weighted by molar-refractivity contribution is 8.01. The monoisotopic (exact) mass is 270 g/mol. The molecule has 0 saturated carbocycles. The second-order valence-electron chi connectivity index (χ2n) is 3.28. The first-order valence-electron chi connectivity index (χ1n) is 4.57. The van der Waals surface area contributed by atoms with Gasteiger partial charge in [-0.25, -0.2) is 8.42 Å². The third kappa shape index (κ3) is 2.87. The third-order valence-electron chi connectivity index (χ3n) is 1.97. The minimum Gasteiger partial charge on any atom is -0.224 e. The second-order valence-corrected chi connectivity index (χ2v) is 7.61. The molecule has 0 saturated heterocycles. The Balaban J connectivity index is 2.20. The SMILES string of the molecule is CS(=O)(=O)c1ccc(Sc2cccs2)cc1. The van der Waals surface area contributed by atoms with Gasteiger partial charge >= 0.3 is 0 Å². The van der Waals surface area contributed by atoms with Crippen molar-refractivity contribution in [2.24, 2.45) is 0 Å². The summed E-state index contributed by atoms with van der Waals surface area (Å²) < 4.78 is 23.7. The van der Waals surface area contributed by atoms with Crippen molar-refractivity contribution in [1.29, 1.82) is 0 Å². The van der Waals surface area contributed by atoms with E-state index < -0.39 is 9.84 Å². The first-order chi connectivity index (χ1) is 7.55. The molecule has 0 aliphatic rings. The van der Waals surface area contributed by atoms with Crippen LogP contribution in [0.2, 0.25) is 0 Å². The molecule has 0 fully saturated rings. The van der Waals surface area contributed by atoms with Crippen LogP contribution in [0.15, 0.2) is 55.8 Å². The molecule has 0 unspecified atom stereocenters. The molecule has 0 aliphatic carbocycles. The predicted octanol–water partition coefficient (Wildman–Crippen LogP) is 3.30. The maximum absolute atomic E-state index is 11.3. The molecule has 2 rings (SSSR count). The second kappa shape index (κ2) is 4.61. The minimum atomic E-state index is -3.09. The van der Waals surface area contributed by atoms with Crippen molar-refractivity contribution in [2.75, 3.05) is 6.26 Å². The van der Waals surface area contributed by atoms with E-state index in [1.807, 2.05) is 29.6 Å². The summed E-state index contributed by atoms with van der Waals surface area (Å²) in [6.07, 6.45) is 1.22. The summed E-state index contributed by atoms with van der Waals surface area (Å²) in [4.78, 5) is 1.41. The summed E-state index contributed by atoms with van der Waals surface area (Å²) in [7, 11) is -3.09. The zero-order valence-corrected chi connectivity index (χ0v) is 11.0. The van der Waals surface area contributed by atoms with Crippen LogP contribution in [0.3, 0.4) is 0 Å². The molecule has 2 nitrogen and oxygen atoms in total. The Morgan fingerprint density at radius 1 is 1.12 bits per heavy atom. The lowest BCUT2D eigenvalue weighted by molar-refractivity contribution is 0.602. The van der Waals surface area contributed by atoms with Crippen LogP contribution in [0, 0.1) is 0 Å². The summed E-state index contributed by atoms with van der Waals surface area (Å²) >= 11 is 3.31. The fraction of sp³-hybridized carbons (Fsp3) is 0.0909. The zero-order chi connectivity index (χ0) is 11.6. The first kappa shape index (κ1) is 11.7. The van der Waals surface area contributed by atoms with Crippen LogP contribution < -0.4 is 0 Å². The van der Waals surface area contributed by atoms with Gasteiger partial charge in [0.2, 0.25) is 0 Å². The van der Waals surface area contributed by atoms with Gasteiger partial charge in [-0.3, -0.25) is 0 Å². The number of sulfone groups is 1. The van der Waals surface area contributed by atoms with E-state index in [2.05, 4.69) is 0 Å². The summed E-state index contributed by atoms with van der Waals surface area (Å²) in [5.74, 6) is 0. The Hall–Kier alpha value is -0.780. The van der Waals surface area contributed by atoms with Gasteiger partial charge in [-0.2, -0.15) is 0 Å². The molecule has 1 heterocycles. The lowest BCUT2D eigenvalue weighted by Crippen LogP contribution is -1.95. The Kier molecular flexibility index (Phi) is 3.37. The molecule has 1 aromatic carbocycles. The van der Waals surface area contributed by atoms with Crippen molar-refractivity contribution in [3.8, 4) is 0 Å². The van der Waals surface area contributed by atoms with E-state index in [0.29, 0.717) is 4.90 Å². The zero-order valence-electron chi connectivity index (χ0n) is 8.58. The van der Waals surface area contributed by atoms with Crippen molar-refractivity contribution in [3.05, 3.63) is 41.8 Å². The number of hydrogen-bond acceptors (Lipinski definition) is 4. The van der Waals surface area contributed by atoms with E-state index in [-0.39, 0.29) is 0 Å². The van der Waals surface area contributed by atoms with Crippen molar-refractivity contribution in [3.63, 3.8) is 0 Å². The lowest BCUT2D eigenvalue weighted by Gasteiger charge is -2.00. The quantitative estimate of drug-likeness (QED) is 0.858. The summed E-state index contributed by atoms with van der Waals surface area (Å²) in [5, 5.41) is 2.02. The molecule has 1 aromatic heterocycles. The van der Waals surface area contributed by atoms with Gasteiger partial charge in [0.05, 0.1) is 9.10 Å². The minimum absolute atomic E-state index is 0.364. The van der Waals surface area contributed by atoms with Gasteiger partial charge in [0.25, 0.3) is 0 Å². The van der Waals surface area contributed by atoms with Crippen LogP contribution in [0.25, 0.3) is 0 Å². The molecule has 2 aromatic rings. The molecule has 0 bridgehead atoms. The average molecular weight is 270 g/mol. The van der Waals surface area contributed by atoms with E-state index in [1.165, 1.54) is 10.5 Å². The number of hydrogen-bond donors (Lipinski definition) is 0. The van der Waals surface area contributed by atoms with Gasteiger partial charge in [0.1, 0.15) is 0 Å². The molecule has 84 valence electrons. The van der Waals surface area contributed by atoms with Crippen molar-refractivity contribution < 1.29 is 8.42 Å². The van der Waals surface area contributed by atoms with Gasteiger partial charge < -0.3 is 0 Å². The molecule has 0 radical (unpaired) electrons. The van der Waals surface area contributed by atoms with E-state index in [9.17, 15) is 8.42 Å². The normalized spacial score (nSPS) is 11.6. The highest BCUT2D eigenvalue weighted by Gasteiger charge is 2.06. The fourth-order valence-electron chi connectivity index (χ4n) is 1.19. The van der Waals surface area contributed by atoms with Crippen LogP contribution in [0.5, 0.6) is 0 Å². The van der Waals surface area contributed by atoms with Crippen LogP contribution >= 0.6 is 23.1 Å². The van der Waals surface area contributed by atoms with E-state index in [0.717, 1.165) is 4.90 Å². The highest BCUT2D eigenvalue weighted by atomic mass is 32.2. The molecule has 0 aliphatic heterocycles. The molecule has 0 amide bonds. The lowest BCUT2D eigenvalue weighted by atomic mass is 10.4. The molecule has 16 heavy (non-hydrogen) atoms. The van der Waals surface area contributed by atoms with Crippen LogP contribution in [-0.2, 0) is 9.84 Å².